The van der Waals surface area contributed by atoms with Gasteiger partial charge in [0, 0.05) is 11.3 Å². The predicted molar refractivity (Wildman–Crippen MR) is 104 cm³/mol. The molecule has 7 nitrogen and oxygen atoms in total. The molecule has 1 aliphatic heterocycles. The van der Waals surface area contributed by atoms with Gasteiger partial charge in [0.2, 0.25) is 0 Å². The van der Waals surface area contributed by atoms with Crippen molar-refractivity contribution >= 4 is 17.5 Å². The molecule has 1 aliphatic rings. The molecule has 1 atom stereocenters. The summed E-state index contributed by atoms with van der Waals surface area (Å²) in [6, 6.07) is 10.7. The summed E-state index contributed by atoms with van der Waals surface area (Å²) in [7, 11) is 0. The van der Waals surface area contributed by atoms with E-state index in [4.69, 9.17) is 4.74 Å². The number of rotatable bonds is 4. The Morgan fingerprint density at radius 2 is 2.07 bits per heavy atom. The second kappa shape index (κ2) is 7.94. The highest BCUT2D eigenvalue weighted by Gasteiger charge is 2.27. The van der Waals surface area contributed by atoms with Crippen molar-refractivity contribution in [3.8, 4) is 5.75 Å². The molecule has 0 spiro atoms. The zero-order valence-corrected chi connectivity index (χ0v) is 16.0. The van der Waals surface area contributed by atoms with E-state index in [0.29, 0.717) is 17.1 Å². The van der Waals surface area contributed by atoms with E-state index in [9.17, 15) is 18.4 Å². The fourth-order valence-electron chi connectivity index (χ4n) is 3.11. The molecule has 154 valence electrons. The van der Waals surface area contributed by atoms with Crippen LogP contribution in [0.2, 0.25) is 0 Å². The number of anilines is 1. The Morgan fingerprint density at radius 3 is 2.90 bits per heavy atom. The highest BCUT2D eigenvalue weighted by atomic mass is 19.1. The number of aromatic nitrogens is 2. The van der Waals surface area contributed by atoms with Crippen LogP contribution >= 0.6 is 0 Å². The third kappa shape index (κ3) is 4.00. The summed E-state index contributed by atoms with van der Waals surface area (Å²) in [4.78, 5) is 25.0. The van der Waals surface area contributed by atoms with Gasteiger partial charge in [0.1, 0.15) is 35.7 Å². The number of hydrogen-bond acceptors (Lipinski definition) is 4. The molecule has 4 rings (SSSR count). The summed E-state index contributed by atoms with van der Waals surface area (Å²) in [6.45, 7) is 1.62. The molecule has 0 saturated carbocycles. The number of nitrogens with one attached hydrogen (secondary N) is 2. The molecule has 0 fully saturated rings. The largest absolute Gasteiger partial charge is 0.489 e. The number of nitrogens with zero attached hydrogens (tertiary/aromatic N) is 2. The predicted octanol–water partition coefficient (Wildman–Crippen LogP) is 2.65. The number of para-hydroxylation sites is 2. The van der Waals surface area contributed by atoms with E-state index in [1.807, 2.05) is 0 Å². The van der Waals surface area contributed by atoms with Gasteiger partial charge in [0.25, 0.3) is 11.8 Å². The summed E-state index contributed by atoms with van der Waals surface area (Å²) in [5, 5.41) is 9.48. The quantitative estimate of drug-likeness (QED) is 0.690. The summed E-state index contributed by atoms with van der Waals surface area (Å²) >= 11 is 0. The van der Waals surface area contributed by atoms with Crippen LogP contribution in [-0.2, 0) is 11.3 Å². The average Bonchev–Trinajstić information content (AvgIpc) is 3.00. The van der Waals surface area contributed by atoms with Crippen molar-refractivity contribution in [3.05, 3.63) is 77.1 Å². The van der Waals surface area contributed by atoms with E-state index >= 15 is 0 Å². The maximum Gasteiger partial charge on any atom is 0.272 e. The molecule has 0 aliphatic carbocycles. The lowest BCUT2D eigenvalue weighted by Gasteiger charge is -2.13. The Hall–Kier alpha value is -3.75. The monoisotopic (exact) mass is 412 g/mol. The van der Waals surface area contributed by atoms with Crippen LogP contribution in [0.3, 0.4) is 0 Å². The van der Waals surface area contributed by atoms with E-state index < -0.39 is 29.5 Å². The zero-order valence-electron chi connectivity index (χ0n) is 16.0. The van der Waals surface area contributed by atoms with Gasteiger partial charge in [0.05, 0.1) is 12.2 Å². The average molecular weight is 412 g/mol. The highest BCUT2D eigenvalue weighted by Crippen LogP contribution is 2.26. The van der Waals surface area contributed by atoms with E-state index in [2.05, 4.69) is 15.7 Å². The SMILES string of the molecule is Cc1cc(C(=O)N[C@H]2COc3ccccc3NC2=O)nn1Cc1cc(F)ccc1F. The maximum absolute atomic E-state index is 13.9. The van der Waals surface area contributed by atoms with E-state index in [1.165, 1.54) is 10.7 Å². The van der Waals surface area contributed by atoms with Gasteiger partial charge in [-0.25, -0.2) is 8.78 Å². The number of fused-ring (bicyclic) bond motifs is 1. The van der Waals surface area contributed by atoms with Crippen LogP contribution in [0.25, 0.3) is 0 Å². The van der Waals surface area contributed by atoms with Crippen LogP contribution in [0.1, 0.15) is 21.7 Å². The topological polar surface area (TPSA) is 85.2 Å². The van der Waals surface area contributed by atoms with Crippen LogP contribution in [0, 0.1) is 18.6 Å². The number of carbonyl (C=O) groups is 2. The number of amides is 2. The number of ether oxygens (including phenoxy) is 1. The Labute approximate surface area is 170 Å². The summed E-state index contributed by atoms with van der Waals surface area (Å²) in [6.07, 6.45) is 0. The Bertz CT molecular complexity index is 1130. The standard InChI is InChI=1S/C21H18F2N4O3/c1-12-8-17(26-27(12)10-13-9-14(22)6-7-15(13)23)20(28)25-18-11-30-19-5-3-2-4-16(19)24-21(18)29/h2-9,18H,10-11H2,1H3,(H,24,29)(H,25,28)/t18-/m0/s1. The van der Waals surface area contributed by atoms with Crippen molar-refractivity contribution in [3.63, 3.8) is 0 Å². The second-order valence-corrected chi connectivity index (χ2v) is 6.89. The molecule has 2 aromatic carbocycles. The lowest BCUT2D eigenvalue weighted by molar-refractivity contribution is -0.118. The highest BCUT2D eigenvalue weighted by molar-refractivity contribution is 6.01. The normalized spacial score (nSPS) is 15.6. The summed E-state index contributed by atoms with van der Waals surface area (Å²) < 4.78 is 34.3. The molecule has 2 heterocycles. The number of benzene rings is 2. The Morgan fingerprint density at radius 1 is 1.27 bits per heavy atom. The van der Waals surface area contributed by atoms with Crippen LogP contribution in [-0.4, -0.2) is 34.2 Å². The lowest BCUT2D eigenvalue weighted by Crippen LogP contribution is -2.46. The van der Waals surface area contributed by atoms with Crippen molar-refractivity contribution < 1.29 is 23.1 Å². The summed E-state index contributed by atoms with van der Waals surface area (Å²) in [5.41, 5.74) is 1.27. The van der Waals surface area contributed by atoms with E-state index in [0.717, 1.165) is 18.2 Å². The number of halogens is 2. The fraction of sp³-hybridized carbons (Fsp3) is 0.190. The molecule has 0 radical (unpaired) electrons. The maximum atomic E-state index is 13.9. The molecule has 0 saturated heterocycles. The molecule has 1 aromatic heterocycles. The van der Waals surface area contributed by atoms with Gasteiger partial charge in [-0.05, 0) is 43.3 Å². The molecule has 2 N–H and O–H groups in total. The van der Waals surface area contributed by atoms with Gasteiger partial charge in [-0.3, -0.25) is 14.3 Å². The summed E-state index contributed by atoms with van der Waals surface area (Å²) in [5.74, 6) is -1.60. The third-order valence-corrected chi connectivity index (χ3v) is 4.71. The van der Waals surface area contributed by atoms with E-state index in [1.54, 1.807) is 31.2 Å². The van der Waals surface area contributed by atoms with Crippen molar-refractivity contribution in [1.29, 1.82) is 0 Å². The van der Waals surface area contributed by atoms with Gasteiger partial charge in [-0.15, -0.1) is 0 Å². The van der Waals surface area contributed by atoms with Gasteiger partial charge >= 0.3 is 0 Å². The molecule has 30 heavy (non-hydrogen) atoms. The van der Waals surface area contributed by atoms with Gasteiger partial charge in [0.15, 0.2) is 0 Å². The van der Waals surface area contributed by atoms with Crippen molar-refractivity contribution in [2.45, 2.75) is 19.5 Å². The molecule has 2 amide bonds. The fourth-order valence-corrected chi connectivity index (χ4v) is 3.11. The number of hydrogen-bond donors (Lipinski definition) is 2. The van der Waals surface area contributed by atoms with Crippen LogP contribution in [0.15, 0.2) is 48.5 Å². The zero-order chi connectivity index (χ0) is 21.3. The van der Waals surface area contributed by atoms with Crippen molar-refractivity contribution in [2.75, 3.05) is 11.9 Å². The molecular weight excluding hydrogens is 394 g/mol. The van der Waals surface area contributed by atoms with Crippen molar-refractivity contribution in [1.82, 2.24) is 15.1 Å². The Kier molecular flexibility index (Phi) is 5.18. The first kappa shape index (κ1) is 19.6. The molecular formula is C21H18F2N4O3. The minimum absolute atomic E-state index is 0.0367. The smallest absolute Gasteiger partial charge is 0.272 e. The van der Waals surface area contributed by atoms with Crippen LogP contribution in [0.5, 0.6) is 5.75 Å². The molecule has 0 unspecified atom stereocenters. The van der Waals surface area contributed by atoms with E-state index in [-0.39, 0.29) is 24.4 Å². The first-order valence-corrected chi connectivity index (χ1v) is 9.22. The van der Waals surface area contributed by atoms with Crippen LogP contribution < -0.4 is 15.4 Å². The van der Waals surface area contributed by atoms with Gasteiger partial charge in [-0.1, -0.05) is 12.1 Å². The third-order valence-electron chi connectivity index (χ3n) is 4.71. The lowest BCUT2D eigenvalue weighted by atomic mass is 10.2. The van der Waals surface area contributed by atoms with Gasteiger partial charge in [-0.2, -0.15) is 5.10 Å². The minimum atomic E-state index is -0.920. The molecule has 3 aromatic rings. The minimum Gasteiger partial charge on any atom is -0.489 e. The van der Waals surface area contributed by atoms with Gasteiger partial charge < -0.3 is 15.4 Å². The number of carbonyl (C=O) groups excluding carboxylic acids is 2. The van der Waals surface area contributed by atoms with Crippen LogP contribution in [0.4, 0.5) is 14.5 Å². The second-order valence-electron chi connectivity index (χ2n) is 6.89. The molecule has 9 heteroatoms. The van der Waals surface area contributed by atoms with Crippen molar-refractivity contribution in [2.24, 2.45) is 0 Å². The first-order chi connectivity index (χ1) is 14.4. The molecule has 0 bridgehead atoms. The Balaban J connectivity index is 1.47. The number of aryl methyl sites for hydroxylation is 1. The first-order valence-electron chi connectivity index (χ1n) is 9.22.